The van der Waals surface area contributed by atoms with Crippen molar-refractivity contribution in [2.75, 3.05) is 6.61 Å². The van der Waals surface area contributed by atoms with Gasteiger partial charge >= 0.3 is 0 Å². The van der Waals surface area contributed by atoms with Gasteiger partial charge in [0.25, 0.3) is 5.78 Å². The minimum Gasteiger partial charge on any atom is -0.396 e. The van der Waals surface area contributed by atoms with Crippen molar-refractivity contribution in [2.24, 2.45) is 5.73 Å². The third kappa shape index (κ3) is 1.45. The van der Waals surface area contributed by atoms with Gasteiger partial charge in [0.2, 0.25) is 0 Å². The van der Waals surface area contributed by atoms with Crippen LogP contribution in [0.2, 0.25) is 0 Å². The fourth-order valence-electron chi connectivity index (χ4n) is 1.28. The Balaban J connectivity index is 2.42. The Kier molecular flexibility index (Phi) is 2.38. The smallest absolute Gasteiger partial charge is 0.254 e. The molecule has 0 aliphatic rings. The maximum Gasteiger partial charge on any atom is 0.254 e. The minimum atomic E-state index is -0.306. The van der Waals surface area contributed by atoms with Crippen molar-refractivity contribution < 1.29 is 5.11 Å². The number of rotatable bonds is 3. The van der Waals surface area contributed by atoms with Crippen LogP contribution < -0.4 is 5.73 Å². The number of nitrogens with two attached hydrogens (primary N) is 1. The van der Waals surface area contributed by atoms with E-state index in [0.29, 0.717) is 18.0 Å². The van der Waals surface area contributed by atoms with Crippen LogP contribution in [-0.2, 0) is 0 Å². The molecule has 14 heavy (non-hydrogen) atoms. The molecule has 0 fully saturated rings. The molecule has 2 aromatic rings. The SMILES string of the molecule is NC(CCO)c1nnc2ncccn12. The van der Waals surface area contributed by atoms with Crippen LogP contribution in [0.5, 0.6) is 0 Å². The van der Waals surface area contributed by atoms with Crippen molar-refractivity contribution >= 4 is 5.78 Å². The molecule has 6 heteroatoms. The van der Waals surface area contributed by atoms with Gasteiger partial charge in [0.15, 0.2) is 5.82 Å². The Bertz CT molecular complexity index is 426. The van der Waals surface area contributed by atoms with E-state index < -0.39 is 0 Å². The second kappa shape index (κ2) is 3.69. The van der Waals surface area contributed by atoms with E-state index >= 15 is 0 Å². The summed E-state index contributed by atoms with van der Waals surface area (Å²) in [5.41, 5.74) is 5.80. The van der Waals surface area contributed by atoms with Gasteiger partial charge in [-0.3, -0.25) is 4.40 Å². The number of hydrogen-bond acceptors (Lipinski definition) is 5. The summed E-state index contributed by atoms with van der Waals surface area (Å²) in [7, 11) is 0. The summed E-state index contributed by atoms with van der Waals surface area (Å²) in [5, 5.41) is 16.5. The lowest BCUT2D eigenvalue weighted by Crippen LogP contribution is -2.15. The van der Waals surface area contributed by atoms with Crippen LogP contribution in [0.1, 0.15) is 18.3 Å². The molecule has 0 aliphatic carbocycles. The fraction of sp³-hybridized carbons (Fsp3) is 0.375. The highest BCUT2D eigenvalue weighted by Crippen LogP contribution is 2.11. The molecule has 0 saturated carbocycles. The van der Waals surface area contributed by atoms with Gasteiger partial charge in [-0.25, -0.2) is 4.98 Å². The van der Waals surface area contributed by atoms with Crippen LogP contribution in [0.15, 0.2) is 18.5 Å². The van der Waals surface area contributed by atoms with Gasteiger partial charge in [0.05, 0.1) is 6.04 Å². The monoisotopic (exact) mass is 193 g/mol. The standard InChI is InChI=1S/C8H11N5O/c9-6(2-5-14)7-11-12-8-10-3-1-4-13(7)8/h1,3-4,6,14H,2,5,9H2. The Morgan fingerprint density at radius 2 is 2.36 bits per heavy atom. The Morgan fingerprint density at radius 3 is 3.14 bits per heavy atom. The molecular formula is C8H11N5O. The molecule has 0 spiro atoms. The summed E-state index contributed by atoms with van der Waals surface area (Å²) in [4.78, 5) is 4.02. The molecule has 0 aromatic carbocycles. The molecule has 6 nitrogen and oxygen atoms in total. The first kappa shape index (κ1) is 9.04. The number of aliphatic hydroxyl groups is 1. The molecule has 1 unspecified atom stereocenters. The fourth-order valence-corrected chi connectivity index (χ4v) is 1.28. The highest BCUT2D eigenvalue weighted by atomic mass is 16.3. The summed E-state index contributed by atoms with van der Waals surface area (Å²) < 4.78 is 1.72. The topological polar surface area (TPSA) is 89.3 Å². The number of hydrogen-bond donors (Lipinski definition) is 2. The van der Waals surface area contributed by atoms with E-state index in [1.807, 2.05) is 0 Å². The van der Waals surface area contributed by atoms with Gasteiger partial charge in [-0.1, -0.05) is 0 Å². The minimum absolute atomic E-state index is 0.0380. The van der Waals surface area contributed by atoms with Gasteiger partial charge in [-0.05, 0) is 12.5 Å². The normalized spacial score (nSPS) is 13.3. The van der Waals surface area contributed by atoms with E-state index in [4.69, 9.17) is 10.8 Å². The lowest BCUT2D eigenvalue weighted by molar-refractivity contribution is 0.274. The van der Waals surface area contributed by atoms with E-state index in [9.17, 15) is 0 Å². The molecule has 2 rings (SSSR count). The van der Waals surface area contributed by atoms with Crippen molar-refractivity contribution in [1.82, 2.24) is 19.6 Å². The van der Waals surface area contributed by atoms with Crippen LogP contribution >= 0.6 is 0 Å². The first-order valence-corrected chi connectivity index (χ1v) is 4.35. The predicted molar refractivity (Wildman–Crippen MR) is 49.4 cm³/mol. The number of aromatic nitrogens is 4. The first-order valence-electron chi connectivity index (χ1n) is 4.35. The van der Waals surface area contributed by atoms with Gasteiger partial charge < -0.3 is 10.8 Å². The van der Waals surface area contributed by atoms with Crippen molar-refractivity contribution in [3.8, 4) is 0 Å². The van der Waals surface area contributed by atoms with Gasteiger partial charge in [0, 0.05) is 19.0 Å². The quantitative estimate of drug-likeness (QED) is 0.686. The molecule has 0 radical (unpaired) electrons. The third-order valence-corrected chi connectivity index (χ3v) is 1.99. The van der Waals surface area contributed by atoms with Crippen LogP contribution in [0.4, 0.5) is 0 Å². The van der Waals surface area contributed by atoms with Crippen molar-refractivity contribution in [3.63, 3.8) is 0 Å². The van der Waals surface area contributed by atoms with Crippen molar-refractivity contribution in [3.05, 3.63) is 24.3 Å². The Hall–Kier alpha value is -1.53. The molecule has 0 bridgehead atoms. The zero-order valence-electron chi connectivity index (χ0n) is 7.54. The average Bonchev–Trinajstić information content (AvgIpc) is 2.61. The number of fused-ring (bicyclic) bond motifs is 1. The van der Waals surface area contributed by atoms with Crippen LogP contribution in [-0.4, -0.2) is 31.3 Å². The molecule has 0 aliphatic heterocycles. The second-order valence-corrected chi connectivity index (χ2v) is 2.97. The molecule has 74 valence electrons. The van der Waals surface area contributed by atoms with Gasteiger partial charge in [-0.15, -0.1) is 10.2 Å². The first-order chi connectivity index (χ1) is 6.83. The summed E-state index contributed by atoms with van der Waals surface area (Å²) >= 11 is 0. The van der Waals surface area contributed by atoms with Crippen LogP contribution in [0, 0.1) is 0 Å². The maximum atomic E-state index is 8.75. The molecule has 3 N–H and O–H groups in total. The summed E-state index contributed by atoms with van der Waals surface area (Å²) in [6.45, 7) is 0.0380. The van der Waals surface area contributed by atoms with E-state index in [1.54, 1.807) is 22.9 Å². The highest BCUT2D eigenvalue weighted by molar-refractivity contribution is 5.26. The molecule has 1 atom stereocenters. The average molecular weight is 193 g/mol. The van der Waals surface area contributed by atoms with Crippen LogP contribution in [0.3, 0.4) is 0 Å². The molecule has 0 amide bonds. The van der Waals surface area contributed by atoms with E-state index in [2.05, 4.69) is 15.2 Å². The van der Waals surface area contributed by atoms with E-state index in [1.165, 1.54) is 0 Å². The Labute approximate surface area is 80.4 Å². The maximum absolute atomic E-state index is 8.75. The lowest BCUT2D eigenvalue weighted by Gasteiger charge is -2.06. The zero-order valence-corrected chi connectivity index (χ0v) is 7.54. The third-order valence-electron chi connectivity index (χ3n) is 1.99. The van der Waals surface area contributed by atoms with Gasteiger partial charge in [0.1, 0.15) is 0 Å². The largest absolute Gasteiger partial charge is 0.396 e. The number of nitrogens with zero attached hydrogens (tertiary/aromatic N) is 4. The van der Waals surface area contributed by atoms with Crippen molar-refractivity contribution in [2.45, 2.75) is 12.5 Å². The molecule has 0 saturated heterocycles. The van der Waals surface area contributed by atoms with E-state index in [-0.39, 0.29) is 12.6 Å². The highest BCUT2D eigenvalue weighted by Gasteiger charge is 2.12. The number of aliphatic hydroxyl groups excluding tert-OH is 1. The summed E-state index contributed by atoms with van der Waals surface area (Å²) in [6, 6.07) is 1.48. The summed E-state index contributed by atoms with van der Waals surface area (Å²) in [5.74, 6) is 1.15. The molecule has 2 heterocycles. The lowest BCUT2D eigenvalue weighted by atomic mass is 10.2. The zero-order chi connectivity index (χ0) is 9.97. The summed E-state index contributed by atoms with van der Waals surface area (Å²) in [6.07, 6.45) is 3.91. The van der Waals surface area contributed by atoms with Gasteiger partial charge in [-0.2, -0.15) is 0 Å². The van der Waals surface area contributed by atoms with Crippen molar-refractivity contribution in [1.29, 1.82) is 0 Å². The predicted octanol–water partition coefficient (Wildman–Crippen LogP) is -0.494. The van der Waals surface area contributed by atoms with Crippen LogP contribution in [0.25, 0.3) is 5.78 Å². The molecular weight excluding hydrogens is 182 g/mol. The van der Waals surface area contributed by atoms with E-state index in [0.717, 1.165) is 0 Å². The Morgan fingerprint density at radius 1 is 1.50 bits per heavy atom. The second-order valence-electron chi connectivity index (χ2n) is 2.97. The molecule has 2 aromatic heterocycles.